The van der Waals surface area contributed by atoms with Crippen LogP contribution in [-0.2, 0) is 6.54 Å². The van der Waals surface area contributed by atoms with Gasteiger partial charge in [0.2, 0.25) is 5.78 Å². The molecule has 0 spiro atoms. The summed E-state index contributed by atoms with van der Waals surface area (Å²) in [5, 5.41) is 18.7. The van der Waals surface area contributed by atoms with Crippen molar-refractivity contribution in [1.82, 2.24) is 18.9 Å². The number of aromatic nitrogens is 4. The van der Waals surface area contributed by atoms with Crippen LogP contribution in [0.1, 0.15) is 22.6 Å². The molecule has 0 radical (unpaired) electrons. The van der Waals surface area contributed by atoms with Crippen molar-refractivity contribution < 1.29 is 0 Å². The van der Waals surface area contributed by atoms with Crippen molar-refractivity contribution in [3.63, 3.8) is 0 Å². The normalized spacial score (nSPS) is 10.4. The number of aryl methyl sites for hydroxylation is 1. The fourth-order valence-electron chi connectivity index (χ4n) is 2.34. The van der Waals surface area contributed by atoms with E-state index in [1.165, 1.54) is 6.07 Å². The van der Waals surface area contributed by atoms with Crippen molar-refractivity contribution in [3.8, 4) is 12.1 Å². The zero-order valence-electron chi connectivity index (χ0n) is 12.0. The molecule has 3 heterocycles. The van der Waals surface area contributed by atoms with Crippen molar-refractivity contribution in [2.24, 2.45) is 0 Å². The van der Waals surface area contributed by atoms with Crippen LogP contribution in [0, 0.1) is 29.6 Å². The van der Waals surface area contributed by atoms with E-state index < -0.39 is 5.56 Å². The number of nitrogens with zero attached hydrogens (tertiary/aromatic N) is 6. The highest BCUT2D eigenvalue weighted by atomic mass is 35.5. The van der Waals surface area contributed by atoms with Crippen LogP contribution in [0.2, 0.25) is 5.15 Å². The number of fused-ring (bicyclic) bond motifs is 1. The standard InChI is InChI=1S/C15H9ClN6O/c1-9-4-14(23)22-12(6-18)11(5-17)20-15(22)21(9)8-10-2-3-13(16)19-7-10/h2-4,7H,8H2,1H3. The van der Waals surface area contributed by atoms with Gasteiger partial charge in [0, 0.05) is 18.0 Å². The molecule has 0 bridgehead atoms. The Balaban J connectivity index is 2.27. The van der Waals surface area contributed by atoms with Gasteiger partial charge >= 0.3 is 0 Å². The van der Waals surface area contributed by atoms with Crippen LogP contribution in [-0.4, -0.2) is 18.9 Å². The van der Waals surface area contributed by atoms with Crippen LogP contribution < -0.4 is 5.56 Å². The van der Waals surface area contributed by atoms with Gasteiger partial charge < -0.3 is 4.57 Å². The Morgan fingerprint density at radius 3 is 2.70 bits per heavy atom. The number of pyridine rings is 1. The summed E-state index contributed by atoms with van der Waals surface area (Å²) in [6.45, 7) is 2.14. The fourth-order valence-corrected chi connectivity index (χ4v) is 2.45. The number of imidazole rings is 1. The van der Waals surface area contributed by atoms with Gasteiger partial charge in [-0.3, -0.25) is 4.79 Å². The molecule has 7 nitrogen and oxygen atoms in total. The van der Waals surface area contributed by atoms with Gasteiger partial charge in [-0.15, -0.1) is 0 Å². The SMILES string of the molecule is Cc1cc(=O)n2c(C#N)c(C#N)nc2n1Cc1ccc(Cl)nc1. The van der Waals surface area contributed by atoms with Crippen molar-refractivity contribution in [1.29, 1.82) is 10.5 Å². The zero-order valence-corrected chi connectivity index (χ0v) is 12.7. The summed E-state index contributed by atoms with van der Waals surface area (Å²) in [6.07, 6.45) is 1.62. The molecule has 0 aromatic carbocycles. The van der Waals surface area contributed by atoms with E-state index in [9.17, 15) is 10.1 Å². The van der Waals surface area contributed by atoms with E-state index in [-0.39, 0.29) is 17.2 Å². The molecule has 0 saturated carbocycles. The lowest BCUT2D eigenvalue weighted by Crippen LogP contribution is -2.20. The Bertz CT molecular complexity index is 1050. The van der Waals surface area contributed by atoms with Crippen molar-refractivity contribution in [3.05, 3.63) is 62.5 Å². The first-order valence-electron chi connectivity index (χ1n) is 6.58. The third-order valence-corrected chi connectivity index (χ3v) is 3.64. The van der Waals surface area contributed by atoms with E-state index in [2.05, 4.69) is 9.97 Å². The Morgan fingerprint density at radius 1 is 1.30 bits per heavy atom. The highest BCUT2D eigenvalue weighted by Gasteiger charge is 2.17. The molecule has 112 valence electrons. The molecule has 3 aromatic rings. The second kappa shape index (κ2) is 5.56. The summed E-state index contributed by atoms with van der Waals surface area (Å²) in [5.74, 6) is 0.248. The predicted molar refractivity (Wildman–Crippen MR) is 82.0 cm³/mol. The second-order valence-electron chi connectivity index (χ2n) is 4.87. The summed E-state index contributed by atoms with van der Waals surface area (Å²) in [4.78, 5) is 20.3. The molecular formula is C15H9ClN6O. The minimum absolute atomic E-state index is 0.0597. The van der Waals surface area contributed by atoms with Crippen LogP contribution in [0.3, 0.4) is 0 Å². The molecule has 8 heteroatoms. The highest BCUT2D eigenvalue weighted by molar-refractivity contribution is 6.29. The maximum Gasteiger partial charge on any atom is 0.260 e. The highest BCUT2D eigenvalue weighted by Crippen LogP contribution is 2.14. The van der Waals surface area contributed by atoms with Crippen LogP contribution in [0.4, 0.5) is 0 Å². The monoisotopic (exact) mass is 324 g/mol. The quantitative estimate of drug-likeness (QED) is 0.667. The van der Waals surface area contributed by atoms with Gasteiger partial charge in [-0.05, 0) is 18.6 Å². The number of rotatable bonds is 2. The smallest absolute Gasteiger partial charge is 0.260 e. The number of hydrogen-bond acceptors (Lipinski definition) is 5. The fraction of sp³-hybridized carbons (Fsp3) is 0.133. The Labute approximate surface area is 135 Å². The average Bonchev–Trinajstić information content (AvgIpc) is 2.92. The van der Waals surface area contributed by atoms with Crippen LogP contribution in [0.25, 0.3) is 5.78 Å². The maximum atomic E-state index is 12.2. The molecule has 0 aliphatic heterocycles. The van der Waals surface area contributed by atoms with E-state index in [0.717, 1.165) is 9.96 Å². The first kappa shape index (κ1) is 14.8. The Kier molecular flexibility index (Phi) is 3.57. The topological polar surface area (TPSA) is 99.8 Å². The maximum absolute atomic E-state index is 12.2. The molecule has 0 fully saturated rings. The molecule has 0 amide bonds. The van der Waals surface area contributed by atoms with Gasteiger partial charge in [0.1, 0.15) is 17.3 Å². The molecule has 23 heavy (non-hydrogen) atoms. The predicted octanol–water partition coefficient (Wildman–Crippen LogP) is 1.64. The molecule has 3 aromatic heterocycles. The van der Waals surface area contributed by atoms with Crippen LogP contribution in [0.5, 0.6) is 0 Å². The summed E-state index contributed by atoms with van der Waals surface area (Å²) in [5.41, 5.74) is 0.988. The van der Waals surface area contributed by atoms with Crippen molar-refractivity contribution in [2.75, 3.05) is 0 Å². The summed E-state index contributed by atoms with van der Waals surface area (Å²) in [6, 6.07) is 8.58. The van der Waals surface area contributed by atoms with E-state index in [1.807, 2.05) is 18.2 Å². The molecule has 0 saturated heterocycles. The lowest BCUT2D eigenvalue weighted by Gasteiger charge is -2.12. The molecule has 0 unspecified atom stereocenters. The Hall–Kier alpha value is -3.16. The molecule has 3 rings (SSSR count). The number of halogens is 1. The van der Waals surface area contributed by atoms with Gasteiger partial charge in [-0.1, -0.05) is 17.7 Å². The first-order valence-corrected chi connectivity index (χ1v) is 6.96. The van der Waals surface area contributed by atoms with Crippen LogP contribution >= 0.6 is 11.6 Å². The average molecular weight is 325 g/mol. The third kappa shape index (κ3) is 2.44. The van der Waals surface area contributed by atoms with Gasteiger partial charge in [0.05, 0.1) is 6.54 Å². The lowest BCUT2D eigenvalue weighted by atomic mass is 10.2. The molecule has 0 aliphatic carbocycles. The van der Waals surface area contributed by atoms with E-state index >= 15 is 0 Å². The van der Waals surface area contributed by atoms with Gasteiger partial charge in [0.15, 0.2) is 11.4 Å². The lowest BCUT2D eigenvalue weighted by molar-refractivity contribution is 0.745. The first-order chi connectivity index (χ1) is 11.0. The summed E-state index contributed by atoms with van der Waals surface area (Å²) < 4.78 is 2.89. The van der Waals surface area contributed by atoms with Crippen LogP contribution in [0.15, 0.2) is 29.2 Å². The van der Waals surface area contributed by atoms with E-state index in [1.54, 1.807) is 23.8 Å². The third-order valence-electron chi connectivity index (χ3n) is 3.42. The number of nitriles is 2. The minimum atomic E-state index is -0.395. The molecule has 0 N–H and O–H groups in total. The molecule has 0 atom stereocenters. The van der Waals surface area contributed by atoms with Gasteiger partial charge in [0.25, 0.3) is 5.56 Å². The largest absolute Gasteiger partial charge is 0.311 e. The van der Waals surface area contributed by atoms with Gasteiger partial charge in [-0.25, -0.2) is 9.38 Å². The van der Waals surface area contributed by atoms with Crippen molar-refractivity contribution >= 4 is 17.4 Å². The molecule has 0 aliphatic rings. The minimum Gasteiger partial charge on any atom is -0.311 e. The Morgan fingerprint density at radius 2 is 2.09 bits per heavy atom. The summed E-state index contributed by atoms with van der Waals surface area (Å²) >= 11 is 5.78. The second-order valence-corrected chi connectivity index (χ2v) is 5.25. The van der Waals surface area contributed by atoms with Gasteiger partial charge in [-0.2, -0.15) is 15.5 Å². The van der Waals surface area contributed by atoms with Crippen molar-refractivity contribution in [2.45, 2.75) is 13.5 Å². The number of hydrogen-bond donors (Lipinski definition) is 0. The van der Waals surface area contributed by atoms with E-state index in [4.69, 9.17) is 16.9 Å². The molecular weight excluding hydrogens is 316 g/mol. The summed E-state index contributed by atoms with van der Waals surface area (Å²) in [7, 11) is 0. The van der Waals surface area contributed by atoms with E-state index in [0.29, 0.717) is 17.4 Å². The zero-order chi connectivity index (χ0) is 16.6.